The number of halogens is 4. The Balaban J connectivity index is 1.55. The summed E-state index contributed by atoms with van der Waals surface area (Å²) in [6.45, 7) is 4.93. The van der Waals surface area contributed by atoms with Gasteiger partial charge in [-0.1, -0.05) is 24.8 Å². The SMILES string of the molecule is C=C(c1nc(/C=C/CNC(=O)[C@H]2C[C@H]2CC#N)cc2c(NCC3CCN(C)CC3F)cccc12)C(F)(F)F. The van der Waals surface area contributed by atoms with Crippen LogP contribution in [0.25, 0.3) is 22.4 Å². The van der Waals surface area contributed by atoms with Crippen molar-refractivity contribution in [3.8, 4) is 6.07 Å². The molecule has 2 heterocycles. The minimum absolute atomic E-state index is 0.0928. The fourth-order valence-electron chi connectivity index (χ4n) is 4.86. The van der Waals surface area contributed by atoms with Crippen LogP contribution in [0.5, 0.6) is 0 Å². The highest BCUT2D eigenvalue weighted by Gasteiger charge is 2.42. The first-order valence-corrected chi connectivity index (χ1v) is 12.7. The molecule has 6 nitrogen and oxygen atoms in total. The molecule has 1 aromatic carbocycles. The lowest BCUT2D eigenvalue weighted by Crippen LogP contribution is -2.41. The van der Waals surface area contributed by atoms with E-state index in [0.717, 1.165) is 6.54 Å². The number of hydrogen-bond acceptors (Lipinski definition) is 5. The molecule has 1 amide bonds. The number of alkyl halides is 4. The van der Waals surface area contributed by atoms with Crippen LogP contribution < -0.4 is 10.6 Å². The monoisotopic (exact) mass is 529 g/mol. The van der Waals surface area contributed by atoms with Crippen molar-refractivity contribution < 1.29 is 22.4 Å². The zero-order valence-corrected chi connectivity index (χ0v) is 21.2. The van der Waals surface area contributed by atoms with Crippen molar-refractivity contribution >= 4 is 34.0 Å². The van der Waals surface area contributed by atoms with Crippen molar-refractivity contribution in [1.29, 1.82) is 5.26 Å². The van der Waals surface area contributed by atoms with E-state index in [2.05, 4.69) is 28.3 Å². The lowest BCUT2D eigenvalue weighted by Gasteiger charge is -2.32. The van der Waals surface area contributed by atoms with Crippen LogP contribution >= 0.6 is 0 Å². The first kappa shape index (κ1) is 27.6. The number of carbonyl (C=O) groups is 1. The van der Waals surface area contributed by atoms with Crippen molar-refractivity contribution in [3.05, 3.63) is 48.3 Å². The van der Waals surface area contributed by atoms with E-state index in [1.54, 1.807) is 36.4 Å². The molecule has 0 bridgehead atoms. The van der Waals surface area contributed by atoms with Crippen LogP contribution in [0.1, 0.15) is 30.7 Å². The van der Waals surface area contributed by atoms with E-state index < -0.39 is 17.9 Å². The molecule has 4 atom stereocenters. The van der Waals surface area contributed by atoms with Gasteiger partial charge in [-0.25, -0.2) is 9.37 Å². The van der Waals surface area contributed by atoms with Crippen LogP contribution in [0.3, 0.4) is 0 Å². The third-order valence-electron chi connectivity index (χ3n) is 7.25. The molecule has 2 N–H and O–H groups in total. The first-order valence-electron chi connectivity index (χ1n) is 12.7. The highest BCUT2D eigenvalue weighted by Crippen LogP contribution is 2.41. The summed E-state index contributed by atoms with van der Waals surface area (Å²) in [5.41, 5.74) is -0.466. The summed E-state index contributed by atoms with van der Waals surface area (Å²) in [5.74, 6) is -0.407. The van der Waals surface area contributed by atoms with Crippen molar-refractivity contribution in [1.82, 2.24) is 15.2 Å². The number of nitriles is 1. The highest BCUT2D eigenvalue weighted by atomic mass is 19.4. The molecular formula is C28H31F4N5O. The van der Waals surface area contributed by atoms with Gasteiger partial charge in [-0.3, -0.25) is 4.79 Å². The Morgan fingerprint density at radius 3 is 2.82 bits per heavy atom. The quantitative estimate of drug-likeness (QED) is 0.437. The molecule has 1 aliphatic carbocycles. The number of rotatable bonds is 9. The number of hydrogen-bond donors (Lipinski definition) is 2. The Labute approximate surface area is 219 Å². The molecule has 202 valence electrons. The average molecular weight is 530 g/mol. The summed E-state index contributed by atoms with van der Waals surface area (Å²) in [6, 6.07) is 8.70. The molecule has 1 aromatic heterocycles. The van der Waals surface area contributed by atoms with Crippen molar-refractivity contribution in [2.75, 3.05) is 38.5 Å². The van der Waals surface area contributed by atoms with Gasteiger partial charge in [0, 0.05) is 54.4 Å². The van der Waals surface area contributed by atoms with Gasteiger partial charge in [-0.05, 0) is 50.6 Å². The van der Waals surface area contributed by atoms with Gasteiger partial charge in [0.05, 0.1) is 23.0 Å². The van der Waals surface area contributed by atoms with Crippen LogP contribution in [0.2, 0.25) is 0 Å². The molecule has 1 saturated heterocycles. The minimum atomic E-state index is -4.67. The second-order valence-electron chi connectivity index (χ2n) is 10.1. The summed E-state index contributed by atoms with van der Waals surface area (Å²) >= 11 is 0. The third-order valence-corrected chi connectivity index (χ3v) is 7.25. The number of nitrogens with one attached hydrogen (secondary N) is 2. The summed E-state index contributed by atoms with van der Waals surface area (Å²) in [6.07, 6.45) is -0.758. The summed E-state index contributed by atoms with van der Waals surface area (Å²) in [5, 5.41) is 15.6. The zero-order valence-electron chi connectivity index (χ0n) is 21.2. The van der Waals surface area contributed by atoms with Gasteiger partial charge < -0.3 is 15.5 Å². The number of nitrogens with zero attached hydrogens (tertiary/aromatic N) is 3. The van der Waals surface area contributed by atoms with E-state index in [-0.39, 0.29) is 41.6 Å². The molecule has 10 heteroatoms. The molecule has 0 spiro atoms. The maximum atomic E-state index is 14.5. The van der Waals surface area contributed by atoms with Crippen LogP contribution in [0.15, 0.2) is 36.9 Å². The molecule has 38 heavy (non-hydrogen) atoms. The molecular weight excluding hydrogens is 498 g/mol. The Kier molecular flexibility index (Phi) is 8.36. The maximum absolute atomic E-state index is 14.5. The lowest BCUT2D eigenvalue weighted by atomic mass is 9.95. The first-order chi connectivity index (χ1) is 18.1. The van der Waals surface area contributed by atoms with Gasteiger partial charge >= 0.3 is 6.18 Å². The number of amides is 1. The molecule has 0 radical (unpaired) electrons. The van der Waals surface area contributed by atoms with E-state index in [1.165, 1.54) is 0 Å². The Bertz CT molecular complexity index is 1270. The highest BCUT2D eigenvalue weighted by molar-refractivity contribution is 6.00. The number of fused-ring (bicyclic) bond motifs is 1. The second kappa shape index (κ2) is 11.5. The van der Waals surface area contributed by atoms with E-state index in [0.29, 0.717) is 48.8 Å². The maximum Gasteiger partial charge on any atom is 0.417 e. The fraction of sp³-hybridized carbons (Fsp3) is 0.464. The summed E-state index contributed by atoms with van der Waals surface area (Å²) in [7, 11) is 1.88. The van der Waals surface area contributed by atoms with Crippen molar-refractivity contribution in [2.24, 2.45) is 17.8 Å². The number of aromatic nitrogens is 1. The molecule has 2 aromatic rings. The lowest BCUT2D eigenvalue weighted by molar-refractivity contribution is -0.122. The zero-order chi connectivity index (χ0) is 27.4. The van der Waals surface area contributed by atoms with E-state index >= 15 is 0 Å². The Hall–Kier alpha value is -3.45. The molecule has 4 rings (SSSR count). The van der Waals surface area contributed by atoms with Crippen molar-refractivity contribution in [3.63, 3.8) is 0 Å². The van der Waals surface area contributed by atoms with Crippen LogP contribution in [0.4, 0.5) is 23.2 Å². The number of carbonyl (C=O) groups excluding carboxylic acids is 1. The van der Waals surface area contributed by atoms with Gasteiger partial charge in [0.25, 0.3) is 0 Å². The van der Waals surface area contributed by atoms with E-state index in [4.69, 9.17) is 5.26 Å². The number of anilines is 1. The number of pyridine rings is 1. The smallest absolute Gasteiger partial charge is 0.384 e. The van der Waals surface area contributed by atoms with Gasteiger partial charge in [0.15, 0.2) is 0 Å². The van der Waals surface area contributed by atoms with Crippen LogP contribution in [-0.2, 0) is 4.79 Å². The molecule has 1 aliphatic heterocycles. The fourth-order valence-corrected chi connectivity index (χ4v) is 4.86. The Morgan fingerprint density at radius 2 is 2.11 bits per heavy atom. The standard InChI is InChI=1S/C28H31F4N5O/c1-17(28(30,31)32)26-21-6-3-7-25(35-15-19-9-12-37(2)16-24(19)29)23(21)14-20(36-26)5-4-11-34-27(38)22-13-18(22)8-10-33/h3-7,14,18-19,22,24,35H,1,8-9,11-13,15-16H2,2H3,(H,34,38)/b5-4+/t18-,19?,22+,24?/m1/s1. The topological polar surface area (TPSA) is 81.0 Å². The Morgan fingerprint density at radius 1 is 1.32 bits per heavy atom. The summed E-state index contributed by atoms with van der Waals surface area (Å²) < 4.78 is 55.5. The molecule has 2 aliphatic rings. The molecule has 1 saturated carbocycles. The molecule has 2 fully saturated rings. The minimum Gasteiger partial charge on any atom is -0.384 e. The number of allylic oxidation sites excluding steroid dienone is 1. The van der Waals surface area contributed by atoms with Gasteiger partial charge in [0.2, 0.25) is 5.91 Å². The van der Waals surface area contributed by atoms with E-state index in [1.807, 2.05) is 11.9 Å². The predicted molar refractivity (Wildman–Crippen MR) is 140 cm³/mol. The van der Waals surface area contributed by atoms with Crippen molar-refractivity contribution in [2.45, 2.75) is 31.6 Å². The number of benzene rings is 1. The van der Waals surface area contributed by atoms with Crippen LogP contribution in [-0.4, -0.2) is 61.4 Å². The van der Waals surface area contributed by atoms with Gasteiger partial charge in [0.1, 0.15) is 6.17 Å². The van der Waals surface area contributed by atoms with E-state index in [9.17, 15) is 22.4 Å². The average Bonchev–Trinajstić information content (AvgIpc) is 3.64. The van der Waals surface area contributed by atoms with Crippen LogP contribution in [0, 0.1) is 29.1 Å². The normalized spacial score (nSPS) is 23.8. The number of likely N-dealkylation sites (tertiary alicyclic amines) is 1. The largest absolute Gasteiger partial charge is 0.417 e. The second-order valence-corrected chi connectivity index (χ2v) is 10.1. The third kappa shape index (κ3) is 6.51. The van der Waals surface area contributed by atoms with Gasteiger partial charge in [-0.2, -0.15) is 18.4 Å². The summed E-state index contributed by atoms with van der Waals surface area (Å²) in [4.78, 5) is 18.3. The molecule has 2 unspecified atom stereocenters. The van der Waals surface area contributed by atoms with Gasteiger partial charge in [-0.15, -0.1) is 0 Å². The predicted octanol–water partition coefficient (Wildman–Crippen LogP) is 5.19. The number of piperidine rings is 1.